The Balaban J connectivity index is 0.00000196. The van der Waals surface area contributed by atoms with Crippen LogP contribution in [0.25, 0.3) is 11.5 Å². The number of piperidine rings is 1. The number of rotatable bonds is 2. The molecule has 2 aliphatic rings. The quantitative estimate of drug-likeness (QED) is 0.865. The molecule has 4 rings (SSSR count). The van der Waals surface area contributed by atoms with Gasteiger partial charge in [-0.3, -0.25) is 4.79 Å². The molecule has 2 aliphatic heterocycles. The smallest absolute Gasteiger partial charge is 0.240 e. The zero-order chi connectivity index (χ0) is 17.4. The van der Waals surface area contributed by atoms with Crippen LogP contribution < -0.4 is 5.32 Å². The third-order valence-electron chi connectivity index (χ3n) is 4.76. The van der Waals surface area contributed by atoms with Gasteiger partial charge in [0, 0.05) is 24.6 Å². The van der Waals surface area contributed by atoms with Crippen molar-refractivity contribution in [2.45, 2.75) is 38.3 Å². The van der Waals surface area contributed by atoms with Gasteiger partial charge in [0.25, 0.3) is 0 Å². The van der Waals surface area contributed by atoms with Crippen LogP contribution in [0.5, 0.6) is 0 Å². The summed E-state index contributed by atoms with van der Waals surface area (Å²) in [6.45, 7) is 1.80. The van der Waals surface area contributed by atoms with E-state index in [9.17, 15) is 13.6 Å². The first kappa shape index (κ1) is 18.8. The lowest BCUT2D eigenvalue weighted by atomic mass is 10.0. The largest absolute Gasteiger partial charge is 0.441 e. The van der Waals surface area contributed by atoms with Gasteiger partial charge in [-0.15, -0.1) is 12.4 Å². The molecule has 0 bridgehead atoms. The van der Waals surface area contributed by atoms with E-state index in [1.54, 1.807) is 4.90 Å². The molecule has 3 heterocycles. The summed E-state index contributed by atoms with van der Waals surface area (Å²) in [6.07, 6.45) is 3.57. The van der Waals surface area contributed by atoms with Gasteiger partial charge in [-0.25, -0.2) is 13.8 Å². The molecule has 0 radical (unpaired) electrons. The molecule has 1 atom stereocenters. The monoisotopic (exact) mass is 383 g/mol. The van der Waals surface area contributed by atoms with Crippen molar-refractivity contribution >= 4 is 18.3 Å². The Labute approximate surface area is 156 Å². The van der Waals surface area contributed by atoms with Gasteiger partial charge in [0.1, 0.15) is 23.1 Å². The lowest BCUT2D eigenvalue weighted by Crippen LogP contribution is -2.49. The fourth-order valence-corrected chi connectivity index (χ4v) is 3.47. The molecule has 0 saturated carbocycles. The van der Waals surface area contributed by atoms with Crippen LogP contribution in [0.15, 0.2) is 22.6 Å². The number of hydrogen-bond acceptors (Lipinski definition) is 4. The average Bonchev–Trinajstić information content (AvgIpc) is 3.04. The van der Waals surface area contributed by atoms with Crippen molar-refractivity contribution in [3.8, 4) is 11.5 Å². The highest BCUT2D eigenvalue weighted by Crippen LogP contribution is 2.27. The number of benzene rings is 1. The molecule has 140 valence electrons. The van der Waals surface area contributed by atoms with Gasteiger partial charge in [0.2, 0.25) is 11.8 Å². The second kappa shape index (κ2) is 7.72. The van der Waals surface area contributed by atoms with Gasteiger partial charge >= 0.3 is 0 Å². The summed E-state index contributed by atoms with van der Waals surface area (Å²) >= 11 is 0. The van der Waals surface area contributed by atoms with Crippen molar-refractivity contribution in [1.29, 1.82) is 0 Å². The minimum atomic E-state index is -0.675. The molecule has 1 fully saturated rings. The molecular formula is C18H20ClF2N3O2. The maximum absolute atomic E-state index is 13.4. The first-order valence-corrected chi connectivity index (χ1v) is 8.57. The lowest BCUT2D eigenvalue weighted by molar-refractivity contribution is -0.135. The summed E-state index contributed by atoms with van der Waals surface area (Å²) in [7, 11) is 0. The highest BCUT2D eigenvalue weighted by atomic mass is 35.5. The van der Waals surface area contributed by atoms with Crippen molar-refractivity contribution in [3.05, 3.63) is 41.3 Å². The predicted octanol–water partition coefficient (Wildman–Crippen LogP) is 3.07. The van der Waals surface area contributed by atoms with Gasteiger partial charge in [0.15, 0.2) is 0 Å². The van der Waals surface area contributed by atoms with Crippen LogP contribution in [0.4, 0.5) is 8.78 Å². The number of carbonyl (C=O) groups is 1. The maximum Gasteiger partial charge on any atom is 0.240 e. The zero-order valence-corrected chi connectivity index (χ0v) is 15.0. The highest BCUT2D eigenvalue weighted by molar-refractivity contribution is 5.85. The lowest BCUT2D eigenvalue weighted by Gasteiger charge is -2.31. The average molecular weight is 384 g/mol. The number of oxazole rings is 1. The summed E-state index contributed by atoms with van der Waals surface area (Å²) in [4.78, 5) is 18.8. The van der Waals surface area contributed by atoms with Crippen molar-refractivity contribution < 1.29 is 18.0 Å². The van der Waals surface area contributed by atoms with Crippen LogP contribution in [-0.2, 0) is 17.8 Å². The van der Waals surface area contributed by atoms with Crippen molar-refractivity contribution in [2.24, 2.45) is 0 Å². The highest BCUT2D eigenvalue weighted by Gasteiger charge is 2.30. The second-order valence-electron chi connectivity index (χ2n) is 6.56. The third-order valence-corrected chi connectivity index (χ3v) is 4.76. The van der Waals surface area contributed by atoms with E-state index in [1.807, 2.05) is 0 Å². The maximum atomic E-state index is 13.4. The minimum absolute atomic E-state index is 0. The van der Waals surface area contributed by atoms with E-state index >= 15 is 0 Å². The second-order valence-corrected chi connectivity index (χ2v) is 6.56. The van der Waals surface area contributed by atoms with Gasteiger partial charge in [-0.2, -0.15) is 0 Å². The van der Waals surface area contributed by atoms with E-state index in [1.165, 1.54) is 12.1 Å². The normalized spacial score (nSPS) is 19.6. The number of hydrogen-bond donors (Lipinski definition) is 1. The molecule has 8 heteroatoms. The van der Waals surface area contributed by atoms with E-state index in [-0.39, 0.29) is 35.8 Å². The van der Waals surface area contributed by atoms with Gasteiger partial charge < -0.3 is 14.6 Å². The Morgan fingerprint density at radius 3 is 2.69 bits per heavy atom. The summed E-state index contributed by atoms with van der Waals surface area (Å²) in [6, 6.07) is 3.06. The van der Waals surface area contributed by atoms with Gasteiger partial charge in [-0.1, -0.05) is 6.42 Å². The molecule has 1 amide bonds. The Bertz CT molecular complexity index is 785. The third kappa shape index (κ3) is 3.73. The van der Waals surface area contributed by atoms with Gasteiger partial charge in [0.05, 0.1) is 12.6 Å². The van der Waals surface area contributed by atoms with Crippen molar-refractivity contribution in [2.75, 3.05) is 13.1 Å². The summed E-state index contributed by atoms with van der Waals surface area (Å²) in [5.41, 5.74) is 0.925. The van der Waals surface area contributed by atoms with E-state index in [0.29, 0.717) is 31.0 Å². The molecule has 0 aliphatic carbocycles. The zero-order valence-electron chi connectivity index (χ0n) is 14.1. The first-order chi connectivity index (χ1) is 12.1. The summed E-state index contributed by atoms with van der Waals surface area (Å²) < 4.78 is 32.5. The van der Waals surface area contributed by atoms with Crippen LogP contribution in [0.2, 0.25) is 0 Å². The van der Waals surface area contributed by atoms with Crippen LogP contribution in [0.1, 0.15) is 30.7 Å². The molecule has 5 nitrogen and oxygen atoms in total. The number of nitrogens with zero attached hydrogens (tertiary/aromatic N) is 2. The SMILES string of the molecule is Cl.O=C(C1CCCCN1)N1CCc2oc(-c3cc(F)cc(F)c3)nc2C1. The van der Waals surface area contributed by atoms with Crippen molar-refractivity contribution in [1.82, 2.24) is 15.2 Å². The van der Waals surface area contributed by atoms with Crippen LogP contribution in [0, 0.1) is 11.6 Å². The van der Waals surface area contributed by atoms with Crippen molar-refractivity contribution in [3.63, 3.8) is 0 Å². The summed E-state index contributed by atoms with van der Waals surface area (Å²) in [5.74, 6) is -0.391. The number of halogens is 3. The number of aromatic nitrogens is 1. The van der Waals surface area contributed by atoms with Gasteiger partial charge in [-0.05, 0) is 31.5 Å². The van der Waals surface area contributed by atoms with E-state index in [4.69, 9.17) is 4.42 Å². The Hall–Kier alpha value is -1.99. The fraction of sp³-hybridized carbons (Fsp3) is 0.444. The van der Waals surface area contributed by atoms with E-state index in [0.717, 1.165) is 31.9 Å². The Morgan fingerprint density at radius 1 is 1.23 bits per heavy atom. The fourth-order valence-electron chi connectivity index (χ4n) is 3.47. The standard InChI is InChI=1S/C18H19F2N3O2.ClH/c19-12-7-11(8-13(20)9-12)17-22-15-10-23(6-4-16(15)25-17)18(24)14-3-1-2-5-21-14;/h7-9,14,21H,1-6,10H2;1H. The van der Waals surface area contributed by atoms with Crippen LogP contribution in [0.3, 0.4) is 0 Å². The Morgan fingerprint density at radius 2 is 2.00 bits per heavy atom. The minimum Gasteiger partial charge on any atom is -0.441 e. The number of nitrogens with one attached hydrogen (secondary N) is 1. The molecule has 2 aromatic rings. The molecule has 26 heavy (non-hydrogen) atoms. The van der Waals surface area contributed by atoms with Crippen LogP contribution in [-0.4, -0.2) is 34.9 Å². The van der Waals surface area contributed by atoms with Crippen LogP contribution >= 0.6 is 12.4 Å². The topological polar surface area (TPSA) is 58.4 Å². The molecule has 1 unspecified atom stereocenters. The van der Waals surface area contributed by atoms with E-state index in [2.05, 4.69) is 10.3 Å². The number of carbonyl (C=O) groups excluding carboxylic acids is 1. The first-order valence-electron chi connectivity index (χ1n) is 8.57. The van der Waals surface area contributed by atoms with E-state index < -0.39 is 11.6 Å². The molecular weight excluding hydrogens is 364 g/mol. The molecule has 1 aromatic carbocycles. The molecule has 1 aromatic heterocycles. The number of amides is 1. The number of fused-ring (bicyclic) bond motifs is 1. The molecule has 0 spiro atoms. The Kier molecular flexibility index (Phi) is 5.58. The predicted molar refractivity (Wildman–Crippen MR) is 93.9 cm³/mol. The summed E-state index contributed by atoms with van der Waals surface area (Å²) in [5, 5.41) is 3.27. The molecule has 1 N–H and O–H groups in total. The molecule has 1 saturated heterocycles.